The summed E-state index contributed by atoms with van der Waals surface area (Å²) in [5.74, 6) is 0.894. The summed E-state index contributed by atoms with van der Waals surface area (Å²) in [6.45, 7) is 4.14. The number of halogens is 2. The molecule has 0 aliphatic rings. The minimum atomic E-state index is -0.294. The fourth-order valence-corrected chi connectivity index (χ4v) is 1.37. The van der Waals surface area contributed by atoms with Gasteiger partial charge in [-0.2, -0.15) is 12.6 Å². The second-order valence-electron chi connectivity index (χ2n) is 2.77. The molecular weight excluding hydrogens is 267 g/mol. The molecule has 76 valence electrons. The summed E-state index contributed by atoms with van der Waals surface area (Å²) >= 11 is 7.26. The van der Waals surface area contributed by atoms with Crippen LogP contribution in [0.5, 0.6) is 5.75 Å². The van der Waals surface area contributed by atoms with Crippen LogP contribution in [0.3, 0.4) is 0 Å². The predicted octanol–water partition coefficient (Wildman–Crippen LogP) is 3.45. The quantitative estimate of drug-likeness (QED) is 0.655. The molecule has 0 aliphatic heterocycles. The van der Waals surface area contributed by atoms with Crippen molar-refractivity contribution in [1.82, 2.24) is 0 Å². The molecule has 0 aromatic heterocycles. The molecule has 0 aliphatic carbocycles. The molecule has 0 radical (unpaired) electrons. The lowest BCUT2D eigenvalue weighted by Gasteiger charge is -2.08. The molecule has 0 saturated carbocycles. The number of hydrogen-bond acceptors (Lipinski definition) is 2. The van der Waals surface area contributed by atoms with Gasteiger partial charge in [0, 0.05) is 5.75 Å². The zero-order chi connectivity index (χ0) is 10.6. The summed E-state index contributed by atoms with van der Waals surface area (Å²) in [5.41, 5.74) is 0.879. The molecule has 4 heteroatoms. The minimum Gasteiger partial charge on any atom is -0.488 e. The highest BCUT2D eigenvalue weighted by atomic mass is 79.9. The van der Waals surface area contributed by atoms with E-state index in [0.29, 0.717) is 22.6 Å². The van der Waals surface area contributed by atoms with Gasteiger partial charge in [0.15, 0.2) is 0 Å². The van der Waals surface area contributed by atoms with Crippen LogP contribution in [-0.4, -0.2) is 12.4 Å². The van der Waals surface area contributed by atoms with E-state index in [-0.39, 0.29) is 5.82 Å². The van der Waals surface area contributed by atoms with Crippen molar-refractivity contribution < 1.29 is 9.13 Å². The molecule has 0 unspecified atom stereocenters. The van der Waals surface area contributed by atoms with Crippen LogP contribution in [0.15, 0.2) is 34.8 Å². The summed E-state index contributed by atoms with van der Waals surface area (Å²) < 4.78 is 18.7. The van der Waals surface area contributed by atoms with Crippen molar-refractivity contribution in [3.05, 3.63) is 40.6 Å². The summed E-state index contributed by atoms with van der Waals surface area (Å²) in [7, 11) is 0. The Morgan fingerprint density at radius 3 is 2.86 bits per heavy atom. The van der Waals surface area contributed by atoms with Crippen LogP contribution in [0.2, 0.25) is 0 Å². The van der Waals surface area contributed by atoms with E-state index in [1.807, 2.05) is 0 Å². The van der Waals surface area contributed by atoms with Gasteiger partial charge in [-0.3, -0.25) is 0 Å². The smallest absolute Gasteiger partial charge is 0.134 e. The third-order valence-electron chi connectivity index (χ3n) is 1.55. The lowest BCUT2D eigenvalue weighted by molar-refractivity contribution is 0.350. The lowest BCUT2D eigenvalue weighted by atomic mass is 10.3. The number of benzene rings is 1. The molecule has 0 spiro atoms. The molecule has 0 bridgehead atoms. The van der Waals surface area contributed by atoms with Gasteiger partial charge in [-0.05, 0) is 39.7 Å². The first kappa shape index (κ1) is 11.6. The van der Waals surface area contributed by atoms with Crippen molar-refractivity contribution in [3.63, 3.8) is 0 Å². The molecule has 0 N–H and O–H groups in total. The summed E-state index contributed by atoms with van der Waals surface area (Å²) in [6, 6.07) is 4.29. The molecule has 0 fully saturated rings. The third kappa shape index (κ3) is 3.35. The second kappa shape index (κ2) is 5.41. The highest BCUT2D eigenvalue weighted by Crippen LogP contribution is 2.25. The van der Waals surface area contributed by atoms with E-state index in [1.54, 1.807) is 6.07 Å². The Balaban J connectivity index is 2.63. The normalized spacial score (nSPS) is 9.93. The van der Waals surface area contributed by atoms with E-state index >= 15 is 0 Å². The molecule has 1 nitrogen and oxygen atoms in total. The number of hydrogen-bond donors (Lipinski definition) is 1. The van der Waals surface area contributed by atoms with Gasteiger partial charge >= 0.3 is 0 Å². The number of thiol groups is 1. The Morgan fingerprint density at radius 2 is 2.29 bits per heavy atom. The van der Waals surface area contributed by atoms with Crippen molar-refractivity contribution >= 4 is 28.6 Å². The van der Waals surface area contributed by atoms with Gasteiger partial charge < -0.3 is 4.74 Å². The van der Waals surface area contributed by atoms with Crippen molar-refractivity contribution in [2.75, 3.05) is 12.4 Å². The Hall–Kier alpha value is -0.480. The zero-order valence-electron chi connectivity index (χ0n) is 7.46. The third-order valence-corrected chi connectivity index (χ3v) is 2.62. The van der Waals surface area contributed by atoms with Gasteiger partial charge in [-0.1, -0.05) is 6.58 Å². The van der Waals surface area contributed by atoms with E-state index in [9.17, 15) is 4.39 Å². The Labute approximate surface area is 96.5 Å². The molecule has 1 rings (SSSR count). The van der Waals surface area contributed by atoms with Gasteiger partial charge in [0.25, 0.3) is 0 Å². The molecule has 0 atom stereocenters. The first-order valence-electron chi connectivity index (χ1n) is 3.99. The molecular formula is C10H10BrFOS. The largest absolute Gasteiger partial charge is 0.488 e. The van der Waals surface area contributed by atoms with E-state index in [2.05, 4.69) is 35.1 Å². The van der Waals surface area contributed by atoms with Crippen molar-refractivity contribution in [2.45, 2.75) is 0 Å². The van der Waals surface area contributed by atoms with Gasteiger partial charge in [0.2, 0.25) is 0 Å². The van der Waals surface area contributed by atoms with Crippen LogP contribution in [0.25, 0.3) is 0 Å². The van der Waals surface area contributed by atoms with Crippen LogP contribution >= 0.6 is 28.6 Å². The molecule has 0 saturated heterocycles. The van der Waals surface area contributed by atoms with Gasteiger partial charge in [0.05, 0.1) is 4.47 Å². The van der Waals surface area contributed by atoms with Gasteiger partial charge in [-0.15, -0.1) is 0 Å². The molecule has 14 heavy (non-hydrogen) atoms. The molecule has 0 amide bonds. The maximum absolute atomic E-state index is 12.7. The fourth-order valence-electron chi connectivity index (χ4n) is 0.818. The van der Waals surface area contributed by atoms with Crippen molar-refractivity contribution in [3.8, 4) is 5.75 Å². The maximum atomic E-state index is 12.7. The van der Waals surface area contributed by atoms with E-state index in [0.717, 1.165) is 5.57 Å². The zero-order valence-corrected chi connectivity index (χ0v) is 9.95. The monoisotopic (exact) mass is 276 g/mol. The molecule has 1 aromatic rings. The predicted molar refractivity (Wildman–Crippen MR) is 62.6 cm³/mol. The second-order valence-corrected chi connectivity index (χ2v) is 3.94. The Bertz CT molecular complexity index is 341. The van der Waals surface area contributed by atoms with Crippen LogP contribution in [0, 0.1) is 5.82 Å². The summed E-state index contributed by atoms with van der Waals surface area (Å²) in [4.78, 5) is 0. The first-order valence-corrected chi connectivity index (χ1v) is 5.41. The van der Waals surface area contributed by atoms with E-state index in [4.69, 9.17) is 4.74 Å². The highest BCUT2D eigenvalue weighted by Gasteiger charge is 2.02. The van der Waals surface area contributed by atoms with E-state index in [1.165, 1.54) is 12.1 Å². The van der Waals surface area contributed by atoms with Gasteiger partial charge in [0.1, 0.15) is 18.2 Å². The highest BCUT2D eigenvalue weighted by molar-refractivity contribution is 9.10. The first-order chi connectivity index (χ1) is 6.63. The van der Waals surface area contributed by atoms with Crippen LogP contribution in [0.4, 0.5) is 4.39 Å². The van der Waals surface area contributed by atoms with Crippen LogP contribution < -0.4 is 4.74 Å². The average Bonchev–Trinajstić information content (AvgIpc) is 2.16. The van der Waals surface area contributed by atoms with Gasteiger partial charge in [-0.25, -0.2) is 4.39 Å². The van der Waals surface area contributed by atoms with Crippen LogP contribution in [0.1, 0.15) is 0 Å². The van der Waals surface area contributed by atoms with Crippen molar-refractivity contribution in [1.29, 1.82) is 0 Å². The van der Waals surface area contributed by atoms with E-state index < -0.39 is 0 Å². The van der Waals surface area contributed by atoms with Crippen molar-refractivity contribution in [2.24, 2.45) is 0 Å². The Kier molecular flexibility index (Phi) is 4.48. The molecule has 1 aromatic carbocycles. The standard InChI is InChI=1S/C10H10BrFOS/c1-7(6-14)5-13-10-3-2-8(12)4-9(10)11/h2-4,14H,1,5-6H2. The average molecular weight is 277 g/mol. The molecule has 0 heterocycles. The Morgan fingerprint density at radius 1 is 1.57 bits per heavy atom. The van der Waals surface area contributed by atoms with Crippen LogP contribution in [-0.2, 0) is 0 Å². The fraction of sp³-hybridized carbons (Fsp3) is 0.200. The number of ether oxygens (including phenoxy) is 1. The SMILES string of the molecule is C=C(CS)COc1ccc(F)cc1Br. The maximum Gasteiger partial charge on any atom is 0.134 e. The topological polar surface area (TPSA) is 9.23 Å². The summed E-state index contributed by atoms with van der Waals surface area (Å²) in [6.07, 6.45) is 0. The lowest BCUT2D eigenvalue weighted by Crippen LogP contribution is -2.01. The minimum absolute atomic E-state index is 0.294. The number of rotatable bonds is 4. The summed E-state index contributed by atoms with van der Waals surface area (Å²) in [5, 5.41) is 0.